The van der Waals surface area contributed by atoms with Crippen LogP contribution in [-0.2, 0) is 9.59 Å². The van der Waals surface area contributed by atoms with Crippen molar-refractivity contribution in [2.45, 2.75) is 58.2 Å². The van der Waals surface area contributed by atoms with Crippen molar-refractivity contribution in [2.24, 2.45) is 11.3 Å². The van der Waals surface area contributed by atoms with Gasteiger partial charge in [-0.2, -0.15) is 0 Å². The number of nitrogens with one attached hydrogen (secondary N) is 1. The monoisotopic (exact) mass is 572 g/mol. The van der Waals surface area contributed by atoms with Crippen LogP contribution in [0.15, 0.2) is 121 Å². The summed E-state index contributed by atoms with van der Waals surface area (Å²) in [5.74, 6) is -1.73. The molecule has 4 aromatic carbocycles. The number of benzene rings is 4. The Morgan fingerprint density at radius 1 is 0.721 bits per heavy atom. The molecule has 1 heterocycles. The fourth-order valence-corrected chi connectivity index (χ4v) is 6.36. The Morgan fingerprint density at radius 2 is 1.21 bits per heavy atom. The second kappa shape index (κ2) is 12.8. The van der Waals surface area contributed by atoms with Crippen LogP contribution in [-0.4, -0.2) is 28.5 Å². The summed E-state index contributed by atoms with van der Waals surface area (Å²) >= 11 is 0. The highest BCUT2D eigenvalue weighted by Gasteiger charge is 2.57. The molecule has 2 amide bonds. The van der Waals surface area contributed by atoms with E-state index in [1.807, 2.05) is 149 Å². The number of amides is 2. The van der Waals surface area contributed by atoms with Gasteiger partial charge in [-0.1, -0.05) is 142 Å². The maximum absolute atomic E-state index is 14.6. The molecule has 5 atom stereocenters. The lowest BCUT2D eigenvalue weighted by molar-refractivity contribution is -0.142. The number of carbonyl (C=O) groups is 3. The largest absolute Gasteiger partial charge is 0.348 e. The maximum atomic E-state index is 14.6. The third-order valence-electron chi connectivity index (χ3n) is 8.25. The van der Waals surface area contributed by atoms with Gasteiger partial charge in [-0.15, -0.1) is 0 Å². The number of rotatable bonds is 8. The molecule has 220 valence electrons. The fourth-order valence-electron chi connectivity index (χ4n) is 6.36. The normalized spacial score (nSPS) is 20.8. The molecule has 1 saturated heterocycles. The summed E-state index contributed by atoms with van der Waals surface area (Å²) in [5.41, 5.74) is 2.91. The van der Waals surface area contributed by atoms with Gasteiger partial charge in [-0.25, -0.2) is 0 Å². The van der Waals surface area contributed by atoms with Crippen molar-refractivity contribution in [2.75, 3.05) is 0 Å². The van der Waals surface area contributed by atoms with Crippen LogP contribution in [0.25, 0.3) is 0 Å². The molecule has 1 fully saturated rings. The molecule has 0 bridgehead atoms. The van der Waals surface area contributed by atoms with Gasteiger partial charge in [0, 0.05) is 17.9 Å². The first kappa shape index (κ1) is 30.0. The number of likely N-dealkylation sites (tertiary alicyclic amines) is 1. The molecule has 0 radical (unpaired) electrons. The highest BCUT2D eigenvalue weighted by molar-refractivity contribution is 6.02. The number of hydrogen-bond acceptors (Lipinski definition) is 3. The highest BCUT2D eigenvalue weighted by atomic mass is 16.2. The van der Waals surface area contributed by atoms with E-state index in [0.717, 1.165) is 16.7 Å². The van der Waals surface area contributed by atoms with E-state index in [-0.39, 0.29) is 35.5 Å². The molecule has 0 spiro atoms. The van der Waals surface area contributed by atoms with Crippen LogP contribution in [0.2, 0.25) is 0 Å². The van der Waals surface area contributed by atoms with Gasteiger partial charge in [-0.05, 0) is 29.0 Å². The van der Waals surface area contributed by atoms with Gasteiger partial charge in [0.2, 0.25) is 11.8 Å². The Labute approximate surface area is 255 Å². The molecule has 1 N–H and O–H groups in total. The SMILES string of the molecule is CC(NC(=O)C1C(c2ccccc2)C(C(=O)c2ccccc2)C(c2ccccc2)N1C(=O)CC(C)(C)C)c1ccccc1. The topological polar surface area (TPSA) is 66.5 Å². The van der Waals surface area contributed by atoms with Crippen molar-refractivity contribution < 1.29 is 14.4 Å². The quantitative estimate of drug-likeness (QED) is 0.222. The van der Waals surface area contributed by atoms with Crippen molar-refractivity contribution in [3.8, 4) is 0 Å². The molecule has 1 aliphatic heterocycles. The molecule has 5 nitrogen and oxygen atoms in total. The van der Waals surface area contributed by atoms with Crippen LogP contribution in [0.3, 0.4) is 0 Å². The predicted molar refractivity (Wildman–Crippen MR) is 170 cm³/mol. The Bertz CT molecular complexity index is 1530. The van der Waals surface area contributed by atoms with E-state index in [1.165, 1.54) is 0 Å². The van der Waals surface area contributed by atoms with E-state index in [2.05, 4.69) is 5.32 Å². The summed E-state index contributed by atoms with van der Waals surface area (Å²) < 4.78 is 0. The van der Waals surface area contributed by atoms with E-state index in [1.54, 1.807) is 4.90 Å². The van der Waals surface area contributed by atoms with Gasteiger partial charge in [0.1, 0.15) is 6.04 Å². The molecular formula is C38H40N2O3. The zero-order chi connectivity index (χ0) is 30.6. The molecule has 0 aromatic heterocycles. The van der Waals surface area contributed by atoms with E-state index in [4.69, 9.17) is 0 Å². The van der Waals surface area contributed by atoms with Crippen molar-refractivity contribution in [3.63, 3.8) is 0 Å². The number of hydrogen-bond donors (Lipinski definition) is 1. The van der Waals surface area contributed by atoms with E-state index < -0.39 is 23.9 Å². The summed E-state index contributed by atoms with van der Waals surface area (Å²) in [6.45, 7) is 8.01. The zero-order valence-corrected chi connectivity index (χ0v) is 25.3. The Morgan fingerprint density at radius 3 is 1.74 bits per heavy atom. The second-order valence-electron chi connectivity index (χ2n) is 12.7. The van der Waals surface area contributed by atoms with Crippen molar-refractivity contribution in [3.05, 3.63) is 144 Å². The number of Topliss-reactive ketones (excluding diaryl/α,β-unsaturated/α-hetero) is 1. The predicted octanol–water partition coefficient (Wildman–Crippen LogP) is 7.54. The summed E-state index contributed by atoms with van der Waals surface area (Å²) in [4.78, 5) is 45.3. The van der Waals surface area contributed by atoms with Crippen LogP contribution < -0.4 is 5.32 Å². The third-order valence-corrected chi connectivity index (χ3v) is 8.25. The Hall–Kier alpha value is -4.51. The third kappa shape index (κ3) is 6.61. The van der Waals surface area contributed by atoms with E-state index in [0.29, 0.717) is 5.56 Å². The van der Waals surface area contributed by atoms with Crippen molar-refractivity contribution in [1.29, 1.82) is 0 Å². The Balaban J connectivity index is 1.71. The van der Waals surface area contributed by atoms with Gasteiger partial charge in [0.25, 0.3) is 0 Å². The molecule has 5 unspecified atom stereocenters. The van der Waals surface area contributed by atoms with Crippen LogP contribution in [0.1, 0.15) is 79.2 Å². The molecule has 5 heteroatoms. The van der Waals surface area contributed by atoms with Gasteiger partial charge in [0.15, 0.2) is 5.78 Å². The molecule has 43 heavy (non-hydrogen) atoms. The number of ketones is 1. The summed E-state index contributed by atoms with van der Waals surface area (Å²) in [6.07, 6.45) is 0.238. The summed E-state index contributed by atoms with van der Waals surface area (Å²) in [7, 11) is 0. The summed E-state index contributed by atoms with van der Waals surface area (Å²) in [5, 5.41) is 3.21. The smallest absolute Gasteiger partial charge is 0.243 e. The van der Waals surface area contributed by atoms with E-state index >= 15 is 0 Å². The minimum absolute atomic E-state index is 0.0803. The zero-order valence-electron chi connectivity index (χ0n) is 25.3. The van der Waals surface area contributed by atoms with E-state index in [9.17, 15) is 14.4 Å². The lowest BCUT2D eigenvalue weighted by atomic mass is 9.76. The van der Waals surface area contributed by atoms with Crippen LogP contribution in [0, 0.1) is 11.3 Å². The number of carbonyl (C=O) groups excluding carboxylic acids is 3. The van der Waals surface area contributed by atoms with Gasteiger partial charge in [-0.3, -0.25) is 14.4 Å². The van der Waals surface area contributed by atoms with Crippen molar-refractivity contribution >= 4 is 17.6 Å². The first-order valence-electron chi connectivity index (χ1n) is 15.0. The van der Waals surface area contributed by atoms with Gasteiger partial charge >= 0.3 is 0 Å². The molecule has 1 aliphatic rings. The van der Waals surface area contributed by atoms with Crippen LogP contribution in [0.5, 0.6) is 0 Å². The molecule has 0 aliphatic carbocycles. The lowest BCUT2D eigenvalue weighted by Gasteiger charge is -2.34. The van der Waals surface area contributed by atoms with Gasteiger partial charge in [0.05, 0.1) is 18.0 Å². The van der Waals surface area contributed by atoms with Gasteiger partial charge < -0.3 is 10.2 Å². The average Bonchev–Trinajstić information content (AvgIpc) is 3.38. The maximum Gasteiger partial charge on any atom is 0.243 e. The minimum Gasteiger partial charge on any atom is -0.348 e. The fraction of sp³-hybridized carbons (Fsp3) is 0.289. The molecular weight excluding hydrogens is 532 g/mol. The standard InChI is InChI=1S/C38H40N2O3/c1-26(27-17-9-5-10-18-27)39-37(43)35-32(28-19-11-6-12-20-28)33(36(42)30-23-15-8-16-24-30)34(29-21-13-7-14-22-29)40(35)31(41)25-38(2,3)4/h5-24,26,32-35H,25H2,1-4H3,(H,39,43). The highest BCUT2D eigenvalue weighted by Crippen LogP contribution is 2.52. The second-order valence-corrected chi connectivity index (χ2v) is 12.7. The molecule has 5 rings (SSSR count). The first-order chi connectivity index (χ1) is 20.7. The molecule has 0 saturated carbocycles. The Kier molecular flexibility index (Phi) is 8.91. The first-order valence-corrected chi connectivity index (χ1v) is 15.0. The average molecular weight is 573 g/mol. The minimum atomic E-state index is -0.897. The lowest BCUT2D eigenvalue weighted by Crippen LogP contribution is -2.49. The molecule has 4 aromatic rings. The summed E-state index contributed by atoms with van der Waals surface area (Å²) in [6, 6.07) is 36.6. The number of nitrogens with zero attached hydrogens (tertiary/aromatic N) is 1. The van der Waals surface area contributed by atoms with Crippen LogP contribution >= 0.6 is 0 Å². The van der Waals surface area contributed by atoms with Crippen molar-refractivity contribution in [1.82, 2.24) is 10.2 Å². The van der Waals surface area contributed by atoms with Crippen LogP contribution in [0.4, 0.5) is 0 Å².